The molecule has 0 spiro atoms. The van der Waals surface area contributed by atoms with Gasteiger partial charge in [-0.2, -0.15) is 4.98 Å². The third kappa shape index (κ3) is 2.53. The Morgan fingerprint density at radius 3 is 2.67 bits per heavy atom. The summed E-state index contributed by atoms with van der Waals surface area (Å²) in [6.45, 7) is 2.07. The Kier molecular flexibility index (Phi) is 3.67. The van der Waals surface area contributed by atoms with Gasteiger partial charge in [0.15, 0.2) is 0 Å². The van der Waals surface area contributed by atoms with Crippen molar-refractivity contribution < 1.29 is 9.47 Å². The molecule has 0 radical (unpaired) electrons. The van der Waals surface area contributed by atoms with Crippen molar-refractivity contribution in [3.8, 4) is 17.5 Å². The lowest BCUT2D eigenvalue weighted by Crippen LogP contribution is -1.98. The maximum absolute atomic E-state index is 5.84. The predicted molar refractivity (Wildman–Crippen MR) is 71.1 cm³/mol. The number of benzene rings is 1. The fourth-order valence-electron chi connectivity index (χ4n) is 1.63. The Morgan fingerprint density at radius 2 is 1.94 bits per heavy atom. The number of aromatic nitrogens is 1. The molecule has 0 aliphatic carbocycles. The van der Waals surface area contributed by atoms with E-state index in [1.807, 2.05) is 24.3 Å². The average molecular weight is 244 g/mol. The second-order valence-electron chi connectivity index (χ2n) is 3.81. The normalized spacial score (nSPS) is 10.1. The number of hydrogen-bond donors (Lipinski definition) is 1. The van der Waals surface area contributed by atoms with Crippen LogP contribution >= 0.6 is 0 Å². The Labute approximate surface area is 106 Å². The van der Waals surface area contributed by atoms with Crippen LogP contribution in [0, 0.1) is 0 Å². The van der Waals surface area contributed by atoms with Crippen LogP contribution in [0.4, 0.5) is 5.69 Å². The highest BCUT2D eigenvalue weighted by Crippen LogP contribution is 2.29. The molecule has 2 N–H and O–H groups in total. The quantitative estimate of drug-likeness (QED) is 0.898. The lowest BCUT2D eigenvalue weighted by atomic mass is 10.1. The molecule has 2 rings (SSSR count). The lowest BCUT2D eigenvalue weighted by molar-refractivity contribution is 0.383. The molecule has 0 unspecified atom stereocenters. The van der Waals surface area contributed by atoms with Crippen LogP contribution in [0.2, 0.25) is 0 Å². The maximum atomic E-state index is 5.84. The van der Waals surface area contributed by atoms with Crippen molar-refractivity contribution in [1.82, 2.24) is 4.98 Å². The third-order valence-corrected chi connectivity index (χ3v) is 2.63. The molecule has 2 aromatic rings. The van der Waals surface area contributed by atoms with Crippen molar-refractivity contribution in [3.05, 3.63) is 42.0 Å². The van der Waals surface area contributed by atoms with Gasteiger partial charge in [-0.25, -0.2) is 0 Å². The first kappa shape index (κ1) is 12.2. The summed E-state index contributed by atoms with van der Waals surface area (Å²) in [7, 11) is 1.56. The number of nitrogens with zero attached hydrogens (tertiary/aromatic N) is 1. The highest BCUT2D eigenvalue weighted by atomic mass is 16.5. The van der Waals surface area contributed by atoms with Crippen LogP contribution in [-0.4, -0.2) is 12.1 Å². The van der Waals surface area contributed by atoms with Gasteiger partial charge < -0.3 is 15.2 Å². The summed E-state index contributed by atoms with van der Waals surface area (Å²) in [4.78, 5) is 4.19. The summed E-state index contributed by atoms with van der Waals surface area (Å²) in [5.41, 5.74) is 7.44. The van der Waals surface area contributed by atoms with Crippen LogP contribution in [0.5, 0.6) is 17.5 Å². The second kappa shape index (κ2) is 5.40. The Morgan fingerprint density at radius 1 is 1.17 bits per heavy atom. The molecule has 18 heavy (non-hydrogen) atoms. The van der Waals surface area contributed by atoms with E-state index >= 15 is 0 Å². The molecule has 0 fully saturated rings. The fraction of sp³-hybridized carbons (Fsp3) is 0.214. The van der Waals surface area contributed by atoms with E-state index in [9.17, 15) is 0 Å². The predicted octanol–water partition coefficient (Wildman–Crippen LogP) is 3.03. The Bertz CT molecular complexity index is 541. The van der Waals surface area contributed by atoms with Gasteiger partial charge in [-0.05, 0) is 24.1 Å². The van der Waals surface area contributed by atoms with Gasteiger partial charge >= 0.3 is 0 Å². The minimum atomic E-state index is 0.371. The number of nitrogens with two attached hydrogens (primary N) is 1. The molecule has 0 atom stereocenters. The summed E-state index contributed by atoms with van der Waals surface area (Å²) in [5.74, 6) is 1.62. The van der Waals surface area contributed by atoms with E-state index in [-0.39, 0.29) is 0 Å². The van der Waals surface area contributed by atoms with Crippen LogP contribution in [0.3, 0.4) is 0 Å². The molecule has 1 aromatic carbocycles. The molecule has 1 aromatic heterocycles. The largest absolute Gasteiger partial charge is 0.481 e. The summed E-state index contributed by atoms with van der Waals surface area (Å²) < 4.78 is 10.8. The number of aryl methyl sites for hydroxylation is 1. The molecule has 0 saturated heterocycles. The first-order valence-corrected chi connectivity index (χ1v) is 5.81. The Hall–Kier alpha value is -2.23. The monoisotopic (exact) mass is 244 g/mol. The van der Waals surface area contributed by atoms with Gasteiger partial charge in [0.1, 0.15) is 5.75 Å². The van der Waals surface area contributed by atoms with Gasteiger partial charge in [-0.15, -0.1) is 0 Å². The average Bonchev–Trinajstić information content (AvgIpc) is 2.42. The number of methoxy groups -OCH3 is 1. The highest BCUT2D eigenvalue weighted by molar-refractivity contribution is 5.51. The standard InChI is InChI=1S/C14H16N2O2/c1-3-10-6-4-5-7-12(10)18-14-11(15)8-9-13(16-14)17-2/h4-9H,3,15H2,1-2H3. The number of para-hydroxylation sites is 1. The molecule has 1 heterocycles. The number of rotatable bonds is 4. The third-order valence-electron chi connectivity index (χ3n) is 2.63. The maximum Gasteiger partial charge on any atom is 0.246 e. The summed E-state index contributed by atoms with van der Waals surface area (Å²) >= 11 is 0. The topological polar surface area (TPSA) is 57.4 Å². The first-order valence-electron chi connectivity index (χ1n) is 5.81. The zero-order chi connectivity index (χ0) is 13.0. The lowest BCUT2D eigenvalue weighted by Gasteiger charge is -2.11. The van der Waals surface area contributed by atoms with Gasteiger partial charge in [0.25, 0.3) is 0 Å². The van der Waals surface area contributed by atoms with Crippen molar-refractivity contribution in [2.75, 3.05) is 12.8 Å². The number of ether oxygens (including phenoxy) is 2. The van der Waals surface area contributed by atoms with Gasteiger partial charge in [0.2, 0.25) is 11.8 Å². The summed E-state index contributed by atoms with van der Waals surface area (Å²) in [6, 6.07) is 11.2. The van der Waals surface area contributed by atoms with E-state index in [4.69, 9.17) is 15.2 Å². The van der Waals surface area contributed by atoms with Gasteiger partial charge in [-0.3, -0.25) is 0 Å². The smallest absolute Gasteiger partial charge is 0.246 e. The van der Waals surface area contributed by atoms with E-state index in [1.54, 1.807) is 19.2 Å². The number of anilines is 1. The van der Waals surface area contributed by atoms with Crippen LogP contribution in [0.1, 0.15) is 12.5 Å². The van der Waals surface area contributed by atoms with E-state index in [2.05, 4.69) is 11.9 Å². The molecule has 4 nitrogen and oxygen atoms in total. The summed E-state index contributed by atoms with van der Waals surface area (Å²) in [5, 5.41) is 0. The number of hydrogen-bond acceptors (Lipinski definition) is 4. The van der Waals surface area contributed by atoms with Crippen LogP contribution in [-0.2, 0) is 6.42 Å². The molecule has 0 saturated carbocycles. The molecule has 0 aliphatic rings. The van der Waals surface area contributed by atoms with Crippen LogP contribution in [0.25, 0.3) is 0 Å². The minimum Gasteiger partial charge on any atom is -0.481 e. The number of nitrogen functional groups attached to an aromatic ring is 1. The highest BCUT2D eigenvalue weighted by Gasteiger charge is 2.08. The van der Waals surface area contributed by atoms with Crippen LogP contribution < -0.4 is 15.2 Å². The molecule has 4 heteroatoms. The van der Waals surface area contributed by atoms with E-state index in [1.165, 1.54) is 0 Å². The van der Waals surface area contributed by atoms with Gasteiger partial charge in [0.05, 0.1) is 12.8 Å². The Balaban J connectivity index is 2.33. The second-order valence-corrected chi connectivity index (χ2v) is 3.81. The molecular weight excluding hydrogens is 228 g/mol. The number of pyridine rings is 1. The van der Waals surface area contributed by atoms with Crippen molar-refractivity contribution in [3.63, 3.8) is 0 Å². The minimum absolute atomic E-state index is 0.371. The molecule has 94 valence electrons. The fourth-order valence-corrected chi connectivity index (χ4v) is 1.63. The van der Waals surface area contributed by atoms with E-state index < -0.39 is 0 Å². The van der Waals surface area contributed by atoms with Crippen molar-refractivity contribution >= 4 is 5.69 Å². The first-order chi connectivity index (χ1) is 8.74. The van der Waals surface area contributed by atoms with Gasteiger partial charge in [-0.1, -0.05) is 25.1 Å². The summed E-state index contributed by atoms with van der Waals surface area (Å²) in [6.07, 6.45) is 0.889. The molecule has 0 bridgehead atoms. The van der Waals surface area contributed by atoms with Crippen molar-refractivity contribution in [1.29, 1.82) is 0 Å². The van der Waals surface area contributed by atoms with E-state index in [0.717, 1.165) is 17.7 Å². The SMILES string of the molecule is CCc1ccccc1Oc1nc(OC)ccc1N. The zero-order valence-electron chi connectivity index (χ0n) is 10.5. The van der Waals surface area contributed by atoms with Crippen molar-refractivity contribution in [2.24, 2.45) is 0 Å². The van der Waals surface area contributed by atoms with Crippen molar-refractivity contribution in [2.45, 2.75) is 13.3 Å². The van der Waals surface area contributed by atoms with Crippen LogP contribution in [0.15, 0.2) is 36.4 Å². The molecular formula is C14H16N2O2. The zero-order valence-corrected chi connectivity index (χ0v) is 10.5. The molecule has 0 amide bonds. The van der Waals surface area contributed by atoms with Gasteiger partial charge in [0, 0.05) is 6.07 Å². The molecule has 0 aliphatic heterocycles. The van der Waals surface area contributed by atoms with E-state index in [0.29, 0.717) is 17.4 Å².